The summed E-state index contributed by atoms with van der Waals surface area (Å²) in [5.41, 5.74) is 0. The molecule has 2 saturated carbocycles. The second kappa shape index (κ2) is 6.65. The van der Waals surface area contributed by atoms with Gasteiger partial charge in [0, 0.05) is 12.1 Å². The highest BCUT2D eigenvalue weighted by Crippen LogP contribution is 2.51. The minimum atomic E-state index is -0.500. The fourth-order valence-electron chi connectivity index (χ4n) is 5.02. The highest BCUT2D eigenvalue weighted by atomic mass is 16.6. The van der Waals surface area contributed by atoms with Gasteiger partial charge >= 0.3 is 12.1 Å². The zero-order valence-electron chi connectivity index (χ0n) is 14.4. The molecule has 4 rings (SSSR count). The lowest BCUT2D eigenvalue weighted by Gasteiger charge is -2.45. The first kappa shape index (κ1) is 16.4. The summed E-state index contributed by atoms with van der Waals surface area (Å²) in [5.74, 6) is 0.928. The van der Waals surface area contributed by atoms with Gasteiger partial charge < -0.3 is 9.47 Å². The van der Waals surface area contributed by atoms with Gasteiger partial charge in [-0.2, -0.15) is 0 Å². The van der Waals surface area contributed by atoms with Crippen molar-refractivity contribution >= 4 is 17.9 Å². The van der Waals surface area contributed by atoms with E-state index in [0.29, 0.717) is 17.7 Å². The lowest BCUT2D eigenvalue weighted by molar-refractivity contribution is -0.144. The van der Waals surface area contributed by atoms with E-state index >= 15 is 0 Å². The highest BCUT2D eigenvalue weighted by molar-refractivity contribution is 5.83. The molecule has 1 amide bonds. The number of cyclic esters (lactones) is 1. The number of rotatable bonds is 2. The fourth-order valence-corrected chi connectivity index (χ4v) is 5.02. The lowest BCUT2D eigenvalue weighted by atomic mass is 9.61. The maximum Gasteiger partial charge on any atom is 0.413 e. The predicted molar refractivity (Wildman–Crippen MR) is 90.7 cm³/mol. The smallest absolute Gasteiger partial charge is 0.413 e. The summed E-state index contributed by atoms with van der Waals surface area (Å²) >= 11 is 0. The molecule has 0 unspecified atom stereocenters. The molecule has 0 aromatic carbocycles. The monoisotopic (exact) mass is 344 g/mol. The van der Waals surface area contributed by atoms with Gasteiger partial charge in [-0.15, -0.1) is 0 Å². The van der Waals surface area contributed by atoms with E-state index in [2.05, 4.69) is 10.3 Å². The molecule has 3 fully saturated rings. The van der Waals surface area contributed by atoms with Gasteiger partial charge in [0.2, 0.25) is 0 Å². The molecule has 0 spiro atoms. The van der Waals surface area contributed by atoms with Crippen LogP contribution in [0.4, 0.5) is 10.6 Å². The summed E-state index contributed by atoms with van der Waals surface area (Å²) in [5, 5.41) is 2.69. The first-order valence-electron chi connectivity index (χ1n) is 9.22. The van der Waals surface area contributed by atoms with Gasteiger partial charge in [0.15, 0.2) is 0 Å². The third-order valence-corrected chi connectivity index (χ3v) is 6.08. The summed E-state index contributed by atoms with van der Waals surface area (Å²) < 4.78 is 11.4. The van der Waals surface area contributed by atoms with E-state index < -0.39 is 6.09 Å². The van der Waals surface area contributed by atoms with Gasteiger partial charge in [-0.05, 0) is 43.7 Å². The quantitative estimate of drug-likeness (QED) is 0.832. The van der Waals surface area contributed by atoms with Crippen LogP contribution in [0, 0.1) is 23.7 Å². The number of ether oxygens (including phenoxy) is 2. The minimum absolute atomic E-state index is 0.0404. The largest absolute Gasteiger partial charge is 0.462 e. The summed E-state index contributed by atoms with van der Waals surface area (Å²) in [6.45, 7) is 1.92. The van der Waals surface area contributed by atoms with Gasteiger partial charge in [0.25, 0.3) is 0 Å². The molecular weight excluding hydrogens is 320 g/mol. The van der Waals surface area contributed by atoms with E-state index in [1.807, 2.05) is 13.0 Å². The van der Waals surface area contributed by atoms with Crippen LogP contribution in [0.3, 0.4) is 0 Å². The molecule has 1 aromatic heterocycles. The molecule has 0 bridgehead atoms. The average Bonchev–Trinajstić information content (AvgIpc) is 2.89. The molecule has 3 aliphatic rings. The van der Waals surface area contributed by atoms with Crippen LogP contribution in [0.2, 0.25) is 0 Å². The molecule has 134 valence electrons. The van der Waals surface area contributed by atoms with Crippen LogP contribution in [0.25, 0.3) is 0 Å². The van der Waals surface area contributed by atoms with E-state index in [1.165, 1.54) is 6.42 Å². The molecular formula is C19H24N2O4. The molecule has 6 heteroatoms. The van der Waals surface area contributed by atoms with E-state index in [0.717, 1.165) is 25.7 Å². The van der Waals surface area contributed by atoms with Crippen molar-refractivity contribution in [3.8, 4) is 0 Å². The Bertz CT molecular complexity index is 650. The van der Waals surface area contributed by atoms with Crippen LogP contribution in [0.1, 0.15) is 39.0 Å². The molecule has 6 nitrogen and oxygen atoms in total. The summed E-state index contributed by atoms with van der Waals surface area (Å²) in [6, 6.07) is 5.32. The number of esters is 1. The molecule has 1 N–H and O–H groups in total. The summed E-state index contributed by atoms with van der Waals surface area (Å²) in [7, 11) is 0. The van der Waals surface area contributed by atoms with Gasteiger partial charge in [0.05, 0.1) is 5.92 Å². The number of pyridine rings is 1. The Hall–Kier alpha value is -2.11. The third kappa shape index (κ3) is 3.10. The first-order chi connectivity index (χ1) is 12.1. The van der Waals surface area contributed by atoms with Gasteiger partial charge in [-0.1, -0.05) is 25.3 Å². The van der Waals surface area contributed by atoms with Gasteiger partial charge in [-0.25, -0.2) is 9.78 Å². The highest BCUT2D eigenvalue weighted by Gasteiger charge is 2.56. The SMILES string of the molecule is C[C@@H]1OC(=O)[C@H]2C[C@H]3CCCC[C@@H]3[C@@H](OC(=O)Nc3ccccn3)[C@@H]12. The fraction of sp³-hybridized carbons (Fsp3) is 0.632. The Kier molecular flexibility index (Phi) is 4.36. The number of carbonyl (C=O) groups excluding carboxylic acids is 2. The number of carbonyl (C=O) groups is 2. The van der Waals surface area contributed by atoms with Crippen LogP contribution in [0.5, 0.6) is 0 Å². The molecule has 1 saturated heterocycles. The molecule has 6 atom stereocenters. The van der Waals surface area contributed by atoms with Crippen LogP contribution in [-0.4, -0.2) is 29.3 Å². The van der Waals surface area contributed by atoms with Crippen molar-refractivity contribution in [3.05, 3.63) is 24.4 Å². The number of fused-ring (bicyclic) bond motifs is 2. The Morgan fingerprint density at radius 3 is 2.96 bits per heavy atom. The topological polar surface area (TPSA) is 77.5 Å². The van der Waals surface area contributed by atoms with Crippen LogP contribution in [0.15, 0.2) is 24.4 Å². The molecule has 2 heterocycles. The Morgan fingerprint density at radius 2 is 2.16 bits per heavy atom. The van der Waals surface area contributed by atoms with Crippen LogP contribution < -0.4 is 5.32 Å². The number of hydrogen-bond donors (Lipinski definition) is 1. The lowest BCUT2D eigenvalue weighted by Crippen LogP contribution is -2.49. The first-order valence-corrected chi connectivity index (χ1v) is 9.22. The number of nitrogens with zero attached hydrogens (tertiary/aromatic N) is 1. The zero-order valence-corrected chi connectivity index (χ0v) is 14.4. The standard InChI is InChI=1S/C19H24N2O4/c1-11-16-14(18(22)24-11)10-12-6-2-3-7-13(12)17(16)25-19(23)21-15-8-4-5-9-20-15/h4-5,8-9,11-14,16-17H,2-3,6-7,10H2,1H3,(H,20,21,23)/t11-,12+,13-,14-,16-,17+/m0/s1. The number of hydrogen-bond acceptors (Lipinski definition) is 5. The molecule has 1 aromatic rings. The van der Waals surface area contributed by atoms with Gasteiger partial charge in [-0.3, -0.25) is 10.1 Å². The van der Waals surface area contributed by atoms with Crippen LogP contribution in [-0.2, 0) is 14.3 Å². The summed E-state index contributed by atoms with van der Waals surface area (Å²) in [6.07, 6.45) is 6.03. The van der Waals surface area contributed by atoms with E-state index in [1.54, 1.807) is 18.3 Å². The third-order valence-electron chi connectivity index (χ3n) is 6.08. The Morgan fingerprint density at radius 1 is 1.32 bits per heavy atom. The number of nitrogens with one attached hydrogen (secondary N) is 1. The molecule has 1 aliphatic heterocycles. The van der Waals surface area contributed by atoms with Gasteiger partial charge in [0.1, 0.15) is 18.0 Å². The van der Waals surface area contributed by atoms with Crippen molar-refractivity contribution < 1.29 is 19.1 Å². The number of aromatic nitrogens is 1. The van der Waals surface area contributed by atoms with Crippen molar-refractivity contribution in [3.63, 3.8) is 0 Å². The maximum atomic E-state index is 12.4. The van der Waals surface area contributed by atoms with E-state index in [-0.39, 0.29) is 30.0 Å². The second-order valence-corrected chi connectivity index (χ2v) is 7.48. The second-order valence-electron chi connectivity index (χ2n) is 7.48. The van der Waals surface area contributed by atoms with E-state index in [4.69, 9.17) is 9.47 Å². The predicted octanol–water partition coefficient (Wildman–Crippen LogP) is 3.39. The average molecular weight is 344 g/mol. The minimum Gasteiger partial charge on any atom is -0.462 e. The van der Waals surface area contributed by atoms with Crippen molar-refractivity contribution in [1.29, 1.82) is 0 Å². The van der Waals surface area contributed by atoms with Crippen molar-refractivity contribution in [2.24, 2.45) is 23.7 Å². The molecule has 0 radical (unpaired) electrons. The molecule has 2 aliphatic carbocycles. The molecule has 25 heavy (non-hydrogen) atoms. The maximum absolute atomic E-state index is 12.4. The number of amides is 1. The Balaban J connectivity index is 1.53. The van der Waals surface area contributed by atoms with Crippen molar-refractivity contribution in [2.45, 2.75) is 51.2 Å². The summed E-state index contributed by atoms with van der Waals surface area (Å²) in [4.78, 5) is 28.8. The van der Waals surface area contributed by atoms with Crippen molar-refractivity contribution in [2.75, 3.05) is 5.32 Å². The zero-order chi connectivity index (χ0) is 17.4. The normalized spacial score (nSPS) is 36.8. The van der Waals surface area contributed by atoms with Crippen molar-refractivity contribution in [1.82, 2.24) is 4.98 Å². The van der Waals surface area contributed by atoms with Crippen LogP contribution >= 0.6 is 0 Å². The van der Waals surface area contributed by atoms with E-state index in [9.17, 15) is 9.59 Å². The Labute approximate surface area is 147 Å². The number of anilines is 1.